The van der Waals surface area contributed by atoms with Gasteiger partial charge in [-0.3, -0.25) is 9.59 Å². The maximum absolute atomic E-state index is 12.4. The summed E-state index contributed by atoms with van der Waals surface area (Å²) in [5, 5.41) is 13.0. The molecule has 126 valence electrons. The average Bonchev–Trinajstić information content (AvgIpc) is 3.01. The van der Waals surface area contributed by atoms with E-state index in [1.807, 2.05) is 37.3 Å². The van der Waals surface area contributed by atoms with Gasteiger partial charge in [-0.05, 0) is 31.4 Å². The standard InChI is InChI=1S/C19H22N2O3/c1-13-15(14-7-3-2-4-8-14)11-16(18(23)21-13)17(22)20-12-19(24)9-5-6-10-19/h2-4,7-8,11,24H,5-6,9-10,12H2,1H3,(H,20,22)(H,21,23). The zero-order valence-corrected chi connectivity index (χ0v) is 13.8. The lowest BCUT2D eigenvalue weighted by Gasteiger charge is -2.22. The molecule has 1 aromatic heterocycles. The van der Waals surface area contributed by atoms with E-state index in [2.05, 4.69) is 10.3 Å². The van der Waals surface area contributed by atoms with Gasteiger partial charge in [-0.15, -0.1) is 0 Å². The van der Waals surface area contributed by atoms with Crippen molar-refractivity contribution in [1.82, 2.24) is 10.3 Å². The summed E-state index contributed by atoms with van der Waals surface area (Å²) in [5.41, 5.74) is 1.30. The van der Waals surface area contributed by atoms with E-state index in [0.29, 0.717) is 12.8 Å². The van der Waals surface area contributed by atoms with Crippen LogP contribution in [0.15, 0.2) is 41.2 Å². The molecule has 1 saturated carbocycles. The molecule has 0 spiro atoms. The summed E-state index contributed by atoms with van der Waals surface area (Å²) >= 11 is 0. The van der Waals surface area contributed by atoms with Crippen molar-refractivity contribution in [3.63, 3.8) is 0 Å². The number of nitrogens with one attached hydrogen (secondary N) is 2. The Morgan fingerprint density at radius 3 is 2.58 bits per heavy atom. The minimum atomic E-state index is -0.838. The minimum Gasteiger partial charge on any atom is -0.388 e. The van der Waals surface area contributed by atoms with Crippen LogP contribution in [0.2, 0.25) is 0 Å². The molecule has 0 bridgehead atoms. The number of H-pyrrole nitrogens is 1. The molecule has 0 atom stereocenters. The highest BCUT2D eigenvalue weighted by Gasteiger charge is 2.31. The Labute approximate surface area is 140 Å². The third kappa shape index (κ3) is 3.41. The predicted octanol–water partition coefficient (Wildman–Crippen LogP) is 2.39. The second kappa shape index (κ2) is 6.61. The van der Waals surface area contributed by atoms with Gasteiger partial charge in [0.1, 0.15) is 5.56 Å². The molecule has 1 fully saturated rings. The first-order valence-electron chi connectivity index (χ1n) is 8.28. The Kier molecular flexibility index (Phi) is 4.53. The summed E-state index contributed by atoms with van der Waals surface area (Å²) in [7, 11) is 0. The summed E-state index contributed by atoms with van der Waals surface area (Å²) in [5.74, 6) is -0.450. The number of carbonyl (C=O) groups is 1. The summed E-state index contributed by atoms with van der Waals surface area (Å²) in [6.45, 7) is 1.99. The van der Waals surface area contributed by atoms with Crippen LogP contribution in [0.4, 0.5) is 0 Å². The molecular weight excluding hydrogens is 304 g/mol. The van der Waals surface area contributed by atoms with E-state index in [-0.39, 0.29) is 12.1 Å². The van der Waals surface area contributed by atoms with Crippen molar-refractivity contribution in [2.75, 3.05) is 6.54 Å². The Balaban J connectivity index is 1.85. The fraction of sp³-hybridized carbons (Fsp3) is 0.368. The Morgan fingerprint density at radius 1 is 1.25 bits per heavy atom. The first kappa shape index (κ1) is 16.5. The number of hydrogen-bond donors (Lipinski definition) is 3. The molecule has 1 aromatic carbocycles. The SMILES string of the molecule is Cc1[nH]c(=O)c(C(=O)NCC2(O)CCCC2)cc1-c1ccccc1. The molecule has 5 heteroatoms. The smallest absolute Gasteiger partial charge is 0.261 e. The van der Waals surface area contributed by atoms with Crippen LogP contribution >= 0.6 is 0 Å². The predicted molar refractivity (Wildman–Crippen MR) is 93.0 cm³/mol. The van der Waals surface area contributed by atoms with Gasteiger partial charge < -0.3 is 15.4 Å². The van der Waals surface area contributed by atoms with Gasteiger partial charge in [-0.2, -0.15) is 0 Å². The molecule has 1 heterocycles. The molecule has 2 aromatic rings. The average molecular weight is 326 g/mol. The molecule has 24 heavy (non-hydrogen) atoms. The molecule has 0 radical (unpaired) electrons. The van der Waals surface area contributed by atoms with Gasteiger partial charge in [-0.25, -0.2) is 0 Å². The molecule has 0 unspecified atom stereocenters. The fourth-order valence-corrected chi connectivity index (χ4v) is 3.26. The third-order valence-corrected chi connectivity index (χ3v) is 4.68. The van der Waals surface area contributed by atoms with Gasteiger partial charge in [0.05, 0.1) is 5.60 Å². The van der Waals surface area contributed by atoms with Gasteiger partial charge in [0.15, 0.2) is 0 Å². The van der Waals surface area contributed by atoms with Gasteiger partial charge in [-0.1, -0.05) is 43.2 Å². The van der Waals surface area contributed by atoms with Gasteiger partial charge in [0.25, 0.3) is 11.5 Å². The number of aliphatic hydroxyl groups is 1. The van der Waals surface area contributed by atoms with E-state index in [4.69, 9.17) is 0 Å². The van der Waals surface area contributed by atoms with Crippen molar-refractivity contribution >= 4 is 5.91 Å². The van der Waals surface area contributed by atoms with Crippen LogP contribution in [0.25, 0.3) is 11.1 Å². The number of aromatic amines is 1. The fourth-order valence-electron chi connectivity index (χ4n) is 3.26. The van der Waals surface area contributed by atoms with Gasteiger partial charge >= 0.3 is 0 Å². The van der Waals surface area contributed by atoms with E-state index in [9.17, 15) is 14.7 Å². The summed E-state index contributed by atoms with van der Waals surface area (Å²) in [6.07, 6.45) is 3.31. The lowest BCUT2D eigenvalue weighted by atomic mass is 10.0. The quantitative estimate of drug-likeness (QED) is 0.807. The largest absolute Gasteiger partial charge is 0.388 e. The second-order valence-electron chi connectivity index (χ2n) is 6.53. The maximum atomic E-state index is 12.4. The number of rotatable bonds is 4. The van der Waals surface area contributed by atoms with Crippen LogP contribution in [0.1, 0.15) is 41.7 Å². The number of pyridine rings is 1. The van der Waals surface area contributed by atoms with Crippen LogP contribution in [0.3, 0.4) is 0 Å². The van der Waals surface area contributed by atoms with Crippen LogP contribution in [-0.2, 0) is 0 Å². The van der Waals surface area contributed by atoms with E-state index < -0.39 is 17.1 Å². The highest BCUT2D eigenvalue weighted by molar-refractivity contribution is 5.95. The molecule has 1 aliphatic rings. The van der Waals surface area contributed by atoms with Crippen molar-refractivity contribution in [2.45, 2.75) is 38.2 Å². The minimum absolute atomic E-state index is 0.0704. The van der Waals surface area contributed by atoms with Crippen molar-refractivity contribution in [1.29, 1.82) is 0 Å². The van der Waals surface area contributed by atoms with Crippen LogP contribution in [0, 0.1) is 6.92 Å². The number of hydrogen-bond acceptors (Lipinski definition) is 3. The molecule has 1 amide bonds. The highest BCUT2D eigenvalue weighted by atomic mass is 16.3. The lowest BCUT2D eigenvalue weighted by molar-refractivity contribution is 0.0449. The van der Waals surface area contributed by atoms with E-state index >= 15 is 0 Å². The normalized spacial score (nSPS) is 16.1. The van der Waals surface area contributed by atoms with Crippen molar-refractivity contribution in [3.05, 3.63) is 58.0 Å². The number of amides is 1. The van der Waals surface area contributed by atoms with Gasteiger partial charge in [0.2, 0.25) is 0 Å². The van der Waals surface area contributed by atoms with E-state index in [0.717, 1.165) is 29.7 Å². The Morgan fingerprint density at radius 2 is 1.92 bits per heavy atom. The lowest BCUT2D eigenvalue weighted by Crippen LogP contribution is -2.42. The second-order valence-corrected chi connectivity index (χ2v) is 6.53. The molecule has 3 N–H and O–H groups in total. The van der Waals surface area contributed by atoms with Crippen LogP contribution in [-0.4, -0.2) is 28.1 Å². The molecule has 1 aliphatic carbocycles. The monoisotopic (exact) mass is 326 g/mol. The highest BCUT2D eigenvalue weighted by Crippen LogP contribution is 2.28. The van der Waals surface area contributed by atoms with Crippen molar-refractivity contribution in [2.24, 2.45) is 0 Å². The Bertz CT molecular complexity index is 790. The third-order valence-electron chi connectivity index (χ3n) is 4.68. The molecule has 3 rings (SSSR count). The number of benzene rings is 1. The first-order valence-corrected chi connectivity index (χ1v) is 8.28. The number of carbonyl (C=O) groups excluding carboxylic acids is 1. The van der Waals surface area contributed by atoms with Crippen molar-refractivity contribution in [3.8, 4) is 11.1 Å². The summed E-state index contributed by atoms with van der Waals surface area (Å²) < 4.78 is 0. The molecule has 0 aliphatic heterocycles. The van der Waals surface area contributed by atoms with Crippen LogP contribution in [0.5, 0.6) is 0 Å². The van der Waals surface area contributed by atoms with Crippen molar-refractivity contribution < 1.29 is 9.90 Å². The molecule has 5 nitrogen and oxygen atoms in total. The van der Waals surface area contributed by atoms with Crippen LogP contribution < -0.4 is 10.9 Å². The Hall–Kier alpha value is -2.40. The number of aromatic nitrogens is 1. The van der Waals surface area contributed by atoms with Gasteiger partial charge in [0, 0.05) is 17.8 Å². The molecule has 0 saturated heterocycles. The van der Waals surface area contributed by atoms with E-state index in [1.165, 1.54) is 0 Å². The summed E-state index contributed by atoms with van der Waals surface area (Å²) in [6, 6.07) is 11.2. The summed E-state index contributed by atoms with van der Waals surface area (Å²) in [4.78, 5) is 27.3. The topological polar surface area (TPSA) is 82.2 Å². The van der Waals surface area contributed by atoms with E-state index in [1.54, 1.807) is 6.07 Å². The molecular formula is C19H22N2O3. The number of aryl methyl sites for hydroxylation is 1. The zero-order valence-electron chi connectivity index (χ0n) is 13.8. The zero-order chi connectivity index (χ0) is 17.2. The first-order chi connectivity index (χ1) is 11.5. The maximum Gasteiger partial charge on any atom is 0.261 e.